The number of hydrogen-bond acceptors (Lipinski definition) is 21. The highest BCUT2D eigenvalue weighted by Crippen LogP contribution is 2.33. The second kappa shape index (κ2) is 53.2. The van der Waals surface area contributed by atoms with E-state index in [9.17, 15) is 24.3 Å². The number of phenolic OH excluding ortho intramolecular Hbond substituents is 1. The molecule has 5 amide bonds. The van der Waals surface area contributed by atoms with Crippen molar-refractivity contribution < 1.29 is 95.3 Å². The third-order valence-corrected chi connectivity index (χ3v) is 13.4. The van der Waals surface area contributed by atoms with Crippen LogP contribution in [0.2, 0.25) is 0 Å². The predicted molar refractivity (Wildman–Crippen MR) is 301 cm³/mol. The zero-order valence-electron chi connectivity index (χ0n) is 47.9. The quantitative estimate of drug-likeness (QED) is 0.0397. The minimum atomic E-state index is -0.142. The Hall–Kier alpha value is -3.55. The van der Waals surface area contributed by atoms with Crippen molar-refractivity contribution in [1.29, 1.82) is 0 Å². The number of fused-ring (bicyclic) bond motifs is 1. The van der Waals surface area contributed by atoms with Crippen LogP contribution in [-0.2, 0) is 91.9 Å². The minimum Gasteiger partial charge on any atom is -0.508 e. The van der Waals surface area contributed by atoms with Crippen molar-refractivity contribution in [2.45, 2.75) is 68.7 Å². The van der Waals surface area contributed by atoms with Gasteiger partial charge < -0.3 is 103 Å². The molecule has 1 aromatic rings. The van der Waals surface area contributed by atoms with E-state index in [-0.39, 0.29) is 54.4 Å². The van der Waals surface area contributed by atoms with E-state index in [1.165, 1.54) is 0 Å². The number of ether oxygens (including phenoxy) is 15. The normalized spacial score (nSPS) is 15.7. The van der Waals surface area contributed by atoms with Gasteiger partial charge in [-0.3, -0.25) is 14.4 Å². The van der Waals surface area contributed by atoms with Gasteiger partial charge in [0.1, 0.15) is 5.75 Å². The number of rotatable bonds is 60. The SMILES string of the molecule is O=C(CCCCC1SCC2NC(=O)NC21)NCCOCCOCCOCCOCCOCCOCCOCCOCCOCCOCCOCCOCCC(=O)NCCCOCCOCCOCCCNC(=O)Cc1ccccc1O. The van der Waals surface area contributed by atoms with Crippen LogP contribution in [0.15, 0.2) is 24.3 Å². The van der Waals surface area contributed by atoms with Gasteiger partial charge in [0.2, 0.25) is 17.7 Å². The molecule has 3 unspecified atom stereocenters. The maximum atomic E-state index is 12.1. The summed E-state index contributed by atoms with van der Waals surface area (Å²) in [5, 5.41) is 24.7. The van der Waals surface area contributed by atoms with E-state index < -0.39 is 0 Å². The summed E-state index contributed by atoms with van der Waals surface area (Å²) >= 11 is 1.90. The monoisotopic (exact) mass is 1180 g/mol. The van der Waals surface area contributed by atoms with Crippen LogP contribution in [-0.4, -0.2) is 270 Å². The topological polar surface area (TPSA) is 287 Å². The zero-order valence-corrected chi connectivity index (χ0v) is 48.7. The molecular weight excluding hydrogens is 1080 g/mol. The zero-order chi connectivity index (χ0) is 57.6. The third kappa shape index (κ3) is 42.8. The average Bonchev–Trinajstić information content (AvgIpc) is 4.06. The van der Waals surface area contributed by atoms with E-state index in [4.69, 9.17) is 71.1 Å². The summed E-state index contributed by atoms with van der Waals surface area (Å²) in [5.41, 5.74) is 0.599. The van der Waals surface area contributed by atoms with Gasteiger partial charge in [-0.2, -0.15) is 11.8 Å². The number of para-hydroxylation sites is 1. The molecule has 0 radical (unpaired) electrons. The number of unbranched alkanes of at least 4 members (excludes halogenated alkanes) is 1. The Bertz CT molecular complexity index is 1690. The van der Waals surface area contributed by atoms with E-state index in [1.54, 1.807) is 24.3 Å². The van der Waals surface area contributed by atoms with E-state index >= 15 is 0 Å². The van der Waals surface area contributed by atoms with Gasteiger partial charge in [-0.1, -0.05) is 24.6 Å². The average molecular weight is 1180 g/mol. The maximum absolute atomic E-state index is 12.1. The number of carbonyl (C=O) groups is 4. The van der Waals surface area contributed by atoms with Crippen molar-refractivity contribution in [2.24, 2.45) is 0 Å². The van der Waals surface area contributed by atoms with E-state index in [1.807, 2.05) is 11.8 Å². The molecule has 3 atom stereocenters. The molecule has 2 aliphatic heterocycles. The van der Waals surface area contributed by atoms with Gasteiger partial charge in [-0.05, 0) is 31.7 Å². The van der Waals surface area contributed by atoms with Crippen LogP contribution in [0.1, 0.15) is 50.5 Å². The molecule has 25 nitrogen and oxygen atoms in total. The number of benzene rings is 1. The molecule has 6 N–H and O–H groups in total. The molecule has 0 aliphatic carbocycles. The highest BCUT2D eigenvalue weighted by molar-refractivity contribution is 8.00. The van der Waals surface area contributed by atoms with Gasteiger partial charge in [-0.25, -0.2) is 4.79 Å². The molecule has 0 bridgehead atoms. The summed E-state index contributed by atoms with van der Waals surface area (Å²) in [5.74, 6) is 0.890. The largest absolute Gasteiger partial charge is 0.508 e. The Balaban J connectivity index is 0.866. The number of phenols is 1. The molecule has 2 aliphatic rings. The lowest BCUT2D eigenvalue weighted by atomic mass is 10.0. The first-order valence-corrected chi connectivity index (χ1v) is 29.9. The lowest BCUT2D eigenvalue weighted by molar-refractivity contribution is -0.122. The van der Waals surface area contributed by atoms with Crippen LogP contribution in [0.4, 0.5) is 4.79 Å². The Labute approximate surface area is 483 Å². The third-order valence-electron chi connectivity index (χ3n) is 11.9. The van der Waals surface area contributed by atoms with Crippen LogP contribution in [0, 0.1) is 0 Å². The molecule has 81 heavy (non-hydrogen) atoms. The molecule has 0 spiro atoms. The second-order valence-corrected chi connectivity index (χ2v) is 19.6. The summed E-state index contributed by atoms with van der Waals surface area (Å²) < 4.78 is 82.7. The van der Waals surface area contributed by atoms with Crippen LogP contribution in [0.3, 0.4) is 0 Å². The second-order valence-electron chi connectivity index (χ2n) is 18.4. The van der Waals surface area contributed by atoms with Gasteiger partial charge in [0.05, 0.1) is 203 Å². The number of nitrogens with one attached hydrogen (secondary N) is 5. The molecule has 2 heterocycles. The first kappa shape index (κ1) is 71.7. The number of aromatic hydroxyl groups is 1. The van der Waals surface area contributed by atoms with Crippen molar-refractivity contribution in [2.75, 3.05) is 224 Å². The van der Waals surface area contributed by atoms with Gasteiger partial charge in [0, 0.05) is 62.3 Å². The fourth-order valence-electron chi connectivity index (χ4n) is 7.64. The molecular formula is C55H97N5O20S. The van der Waals surface area contributed by atoms with Crippen molar-refractivity contribution in [3.8, 4) is 5.75 Å². The van der Waals surface area contributed by atoms with Crippen molar-refractivity contribution in [3.63, 3.8) is 0 Å². The van der Waals surface area contributed by atoms with Gasteiger partial charge >= 0.3 is 6.03 Å². The number of thioether (sulfide) groups is 1. The first-order chi connectivity index (χ1) is 39.9. The molecule has 2 fully saturated rings. The minimum absolute atomic E-state index is 0.0354. The van der Waals surface area contributed by atoms with Crippen molar-refractivity contribution in [3.05, 3.63) is 29.8 Å². The lowest BCUT2D eigenvalue weighted by Crippen LogP contribution is -2.36. The fourth-order valence-corrected chi connectivity index (χ4v) is 9.18. The molecule has 2 saturated heterocycles. The summed E-state index contributed by atoms with van der Waals surface area (Å²) in [4.78, 5) is 47.6. The van der Waals surface area contributed by atoms with Crippen LogP contribution < -0.4 is 26.6 Å². The Morgan fingerprint density at radius 2 is 0.802 bits per heavy atom. The van der Waals surface area contributed by atoms with Crippen LogP contribution in [0.5, 0.6) is 5.75 Å². The van der Waals surface area contributed by atoms with Crippen molar-refractivity contribution in [1.82, 2.24) is 26.6 Å². The van der Waals surface area contributed by atoms with Gasteiger partial charge in [0.25, 0.3) is 0 Å². The first-order valence-electron chi connectivity index (χ1n) is 28.8. The fraction of sp³-hybridized carbons (Fsp3) is 0.818. The summed E-state index contributed by atoms with van der Waals surface area (Å²) in [6.07, 6.45) is 5.09. The van der Waals surface area contributed by atoms with E-state index in [0.717, 1.165) is 25.0 Å². The summed E-state index contributed by atoms with van der Waals surface area (Å²) in [6.45, 7) is 15.2. The lowest BCUT2D eigenvalue weighted by Gasteiger charge is -2.16. The Morgan fingerprint density at radius 3 is 1.25 bits per heavy atom. The molecule has 0 aromatic heterocycles. The Morgan fingerprint density at radius 1 is 0.432 bits per heavy atom. The van der Waals surface area contributed by atoms with Crippen molar-refractivity contribution >= 4 is 35.5 Å². The van der Waals surface area contributed by atoms with E-state index in [2.05, 4.69) is 26.6 Å². The van der Waals surface area contributed by atoms with Crippen LogP contribution in [0.25, 0.3) is 0 Å². The number of amides is 5. The maximum Gasteiger partial charge on any atom is 0.315 e. The molecule has 26 heteroatoms. The molecule has 1 aromatic carbocycles. The molecule has 3 rings (SSSR count). The summed E-state index contributed by atoms with van der Waals surface area (Å²) in [6, 6.07) is 7.18. The number of carbonyl (C=O) groups excluding carboxylic acids is 4. The van der Waals surface area contributed by atoms with Gasteiger partial charge in [-0.15, -0.1) is 0 Å². The predicted octanol–water partition coefficient (Wildman–Crippen LogP) is 1.43. The van der Waals surface area contributed by atoms with E-state index in [0.29, 0.717) is 248 Å². The highest BCUT2D eigenvalue weighted by Gasteiger charge is 2.42. The molecule has 468 valence electrons. The van der Waals surface area contributed by atoms with Crippen LogP contribution >= 0.6 is 11.8 Å². The Kier molecular flexibility index (Phi) is 47.1. The number of urea groups is 1. The summed E-state index contributed by atoms with van der Waals surface area (Å²) in [7, 11) is 0. The standard InChI is InChI=1S/C55H97N5O20S/c61-49-8-2-1-7-47(49)45-53(64)57-13-6-16-67-20-24-70-23-19-66-15-5-12-56-52(63)11-17-68-21-25-71-27-29-73-31-33-75-35-37-77-39-41-79-43-44-80-42-40-78-38-36-76-34-32-74-30-28-72-26-22-69-18-14-58-51(62)10-4-3-9-50-54-48(46-81-50)59-55(65)60-54/h1-2,7-8,48,50,54,61H,3-6,9-46H2,(H,56,63)(H,57,64)(H,58,62)(H2,59,60,65). The molecule has 0 saturated carbocycles. The highest BCUT2D eigenvalue weighted by atomic mass is 32.2. The number of hydrogen-bond donors (Lipinski definition) is 6. The smallest absolute Gasteiger partial charge is 0.315 e. The van der Waals surface area contributed by atoms with Gasteiger partial charge in [0.15, 0.2) is 0 Å².